The first-order valence-electron chi connectivity index (χ1n) is 16.1. The first kappa shape index (κ1) is 27.4. The lowest BCUT2D eigenvalue weighted by molar-refractivity contribution is 0.662. The zero-order valence-corrected chi connectivity index (χ0v) is 26.3. The molecule has 0 aliphatic heterocycles. The van der Waals surface area contributed by atoms with Crippen molar-refractivity contribution in [3.63, 3.8) is 0 Å². The molecule has 2 aromatic heterocycles. The van der Waals surface area contributed by atoms with Crippen molar-refractivity contribution in [1.29, 1.82) is 0 Å². The summed E-state index contributed by atoms with van der Waals surface area (Å²) in [6, 6.07) is 53.4. The molecule has 0 amide bonds. The predicted octanol–water partition coefficient (Wildman–Crippen LogP) is 11.2. The minimum absolute atomic E-state index is 0.222. The smallest absolute Gasteiger partial charge is 0.160 e. The number of fused-ring (bicyclic) bond motifs is 6. The first-order valence-corrected chi connectivity index (χ1v) is 16.1. The molecule has 0 atom stereocenters. The van der Waals surface area contributed by atoms with Crippen molar-refractivity contribution in [2.24, 2.45) is 0 Å². The number of nitrogens with zero attached hydrogens (tertiary/aromatic N) is 3. The Bertz CT molecular complexity index is 2420. The highest BCUT2D eigenvalue weighted by Gasteiger charge is 2.39. The summed E-state index contributed by atoms with van der Waals surface area (Å²) in [7, 11) is 0. The molecule has 6 aromatic carbocycles. The molecule has 47 heavy (non-hydrogen) atoms. The minimum atomic E-state index is -0.222. The van der Waals surface area contributed by atoms with E-state index in [-0.39, 0.29) is 5.41 Å². The monoisotopic (exact) mass is 601 g/mol. The van der Waals surface area contributed by atoms with Gasteiger partial charge in [-0.25, -0.2) is 15.0 Å². The summed E-state index contributed by atoms with van der Waals surface area (Å²) in [5.74, 6) is 0.714. The highest BCUT2D eigenvalue weighted by atomic mass is 14.9. The normalized spacial score (nSPS) is 13.1. The maximum atomic E-state index is 5.46. The Labute approximate surface area is 274 Å². The molecule has 1 aliphatic carbocycles. The molecule has 0 saturated carbocycles. The van der Waals surface area contributed by atoms with Crippen LogP contribution >= 0.6 is 0 Å². The van der Waals surface area contributed by atoms with Gasteiger partial charge in [-0.05, 0) is 39.8 Å². The van der Waals surface area contributed by atoms with Gasteiger partial charge in [0.2, 0.25) is 0 Å². The van der Waals surface area contributed by atoms with E-state index in [9.17, 15) is 0 Å². The molecule has 8 aromatic rings. The molecule has 9 rings (SSSR count). The first-order chi connectivity index (χ1) is 23.1. The van der Waals surface area contributed by atoms with E-state index in [0.29, 0.717) is 5.82 Å². The van der Waals surface area contributed by atoms with Crippen molar-refractivity contribution in [3.05, 3.63) is 163 Å². The lowest BCUT2D eigenvalue weighted by atomic mass is 9.78. The largest absolute Gasteiger partial charge is 0.247 e. The van der Waals surface area contributed by atoms with Gasteiger partial charge in [0, 0.05) is 38.4 Å². The molecule has 0 bridgehead atoms. The quantitative estimate of drug-likeness (QED) is 0.188. The van der Waals surface area contributed by atoms with Crippen molar-refractivity contribution < 1.29 is 0 Å². The molecule has 3 nitrogen and oxygen atoms in total. The van der Waals surface area contributed by atoms with Crippen molar-refractivity contribution in [1.82, 2.24) is 15.0 Å². The molecule has 0 saturated heterocycles. The molecule has 3 heteroatoms. The number of hydrogen-bond donors (Lipinski definition) is 0. The topological polar surface area (TPSA) is 38.7 Å². The Kier molecular flexibility index (Phi) is 6.16. The van der Waals surface area contributed by atoms with Crippen LogP contribution in [0.3, 0.4) is 0 Å². The Morgan fingerprint density at radius 3 is 1.91 bits per heavy atom. The Hall–Kier alpha value is -5.93. The van der Waals surface area contributed by atoms with E-state index in [2.05, 4.69) is 141 Å². The second-order valence-electron chi connectivity index (χ2n) is 12.8. The number of pyridine rings is 1. The molecular formula is C44H31N3. The summed E-state index contributed by atoms with van der Waals surface area (Å²) in [4.78, 5) is 15.6. The third-order valence-corrected chi connectivity index (χ3v) is 9.64. The van der Waals surface area contributed by atoms with Crippen molar-refractivity contribution in [3.8, 4) is 56.3 Å². The Morgan fingerprint density at radius 2 is 1.11 bits per heavy atom. The third-order valence-electron chi connectivity index (χ3n) is 9.64. The Morgan fingerprint density at radius 1 is 0.468 bits per heavy atom. The van der Waals surface area contributed by atoms with Crippen LogP contribution in [0.25, 0.3) is 78.0 Å². The second-order valence-corrected chi connectivity index (χ2v) is 12.8. The molecule has 2 heterocycles. The zero-order valence-electron chi connectivity index (χ0n) is 26.3. The van der Waals surface area contributed by atoms with E-state index in [0.717, 1.165) is 50.2 Å². The van der Waals surface area contributed by atoms with Crippen LogP contribution in [0.1, 0.15) is 25.0 Å². The summed E-state index contributed by atoms with van der Waals surface area (Å²) in [5.41, 5.74) is 13.0. The zero-order chi connectivity index (χ0) is 31.5. The molecule has 0 unspecified atom stereocenters. The fourth-order valence-electron chi connectivity index (χ4n) is 7.37. The number of rotatable bonds is 4. The predicted molar refractivity (Wildman–Crippen MR) is 194 cm³/mol. The van der Waals surface area contributed by atoms with E-state index in [1.807, 2.05) is 24.3 Å². The number of aromatic nitrogens is 3. The Balaban J connectivity index is 1.31. The molecule has 0 radical (unpaired) electrons. The van der Waals surface area contributed by atoms with Crippen LogP contribution in [0.2, 0.25) is 0 Å². The summed E-state index contributed by atoms with van der Waals surface area (Å²) >= 11 is 0. The van der Waals surface area contributed by atoms with Crippen LogP contribution in [-0.2, 0) is 5.41 Å². The third kappa shape index (κ3) is 4.39. The maximum absolute atomic E-state index is 5.46. The maximum Gasteiger partial charge on any atom is 0.160 e. The van der Waals surface area contributed by atoms with E-state index in [1.165, 1.54) is 33.0 Å². The van der Waals surface area contributed by atoms with Gasteiger partial charge in [-0.15, -0.1) is 0 Å². The summed E-state index contributed by atoms with van der Waals surface area (Å²) in [6.07, 6.45) is 0. The van der Waals surface area contributed by atoms with Gasteiger partial charge >= 0.3 is 0 Å². The fraction of sp³-hybridized carbons (Fsp3) is 0.0682. The van der Waals surface area contributed by atoms with Gasteiger partial charge in [-0.1, -0.05) is 153 Å². The standard InChI is InChI=1S/C44H31N3/c1-44(2)36-23-12-11-22-34(36)42-40(44)39(35-25-24-28-14-9-10-21-33(28)41(35)47-42)32-20-13-19-31(26-32)38-27-37(29-15-5-3-6-16-29)45-43(46-38)30-17-7-4-8-18-30/h3-27H,1-2H3. The summed E-state index contributed by atoms with van der Waals surface area (Å²) in [5, 5.41) is 3.53. The van der Waals surface area contributed by atoms with Crippen LogP contribution in [0.5, 0.6) is 0 Å². The van der Waals surface area contributed by atoms with Gasteiger partial charge in [0.25, 0.3) is 0 Å². The van der Waals surface area contributed by atoms with Gasteiger partial charge in [-0.2, -0.15) is 0 Å². The SMILES string of the molecule is CC1(C)c2ccccc2-c2nc3c(ccc4ccccc43)c(-c3cccc(-c4cc(-c5ccccc5)nc(-c5ccccc5)n4)c3)c21. The van der Waals surface area contributed by atoms with Crippen molar-refractivity contribution >= 4 is 21.7 Å². The van der Waals surface area contributed by atoms with E-state index in [1.54, 1.807) is 0 Å². The van der Waals surface area contributed by atoms with E-state index < -0.39 is 0 Å². The lowest BCUT2D eigenvalue weighted by Gasteiger charge is -2.25. The highest BCUT2D eigenvalue weighted by Crippen LogP contribution is 2.53. The molecule has 222 valence electrons. The minimum Gasteiger partial charge on any atom is -0.247 e. The molecule has 0 N–H and O–H groups in total. The average molecular weight is 602 g/mol. The summed E-state index contributed by atoms with van der Waals surface area (Å²) < 4.78 is 0. The van der Waals surface area contributed by atoms with Crippen LogP contribution in [0.4, 0.5) is 0 Å². The van der Waals surface area contributed by atoms with Crippen LogP contribution in [0, 0.1) is 0 Å². The highest BCUT2D eigenvalue weighted by molar-refractivity contribution is 6.13. The molecule has 0 spiro atoms. The van der Waals surface area contributed by atoms with Gasteiger partial charge in [0.15, 0.2) is 5.82 Å². The number of benzene rings is 6. The lowest BCUT2D eigenvalue weighted by Crippen LogP contribution is -2.16. The molecule has 0 fully saturated rings. The van der Waals surface area contributed by atoms with Gasteiger partial charge in [0.1, 0.15) is 0 Å². The van der Waals surface area contributed by atoms with Crippen LogP contribution in [-0.4, -0.2) is 15.0 Å². The van der Waals surface area contributed by atoms with Gasteiger partial charge < -0.3 is 0 Å². The van der Waals surface area contributed by atoms with Crippen molar-refractivity contribution in [2.75, 3.05) is 0 Å². The van der Waals surface area contributed by atoms with Gasteiger partial charge in [-0.3, -0.25) is 0 Å². The molecule has 1 aliphatic rings. The van der Waals surface area contributed by atoms with Gasteiger partial charge in [0.05, 0.1) is 22.6 Å². The fourth-order valence-corrected chi connectivity index (χ4v) is 7.37. The average Bonchev–Trinajstić information content (AvgIpc) is 3.37. The number of hydrogen-bond acceptors (Lipinski definition) is 3. The second kappa shape index (κ2) is 10.6. The molecular weight excluding hydrogens is 571 g/mol. The van der Waals surface area contributed by atoms with E-state index >= 15 is 0 Å². The summed E-state index contributed by atoms with van der Waals surface area (Å²) in [6.45, 7) is 4.67. The van der Waals surface area contributed by atoms with E-state index in [4.69, 9.17) is 15.0 Å². The van der Waals surface area contributed by atoms with Crippen LogP contribution < -0.4 is 0 Å². The van der Waals surface area contributed by atoms with Crippen molar-refractivity contribution in [2.45, 2.75) is 19.3 Å². The van der Waals surface area contributed by atoms with Crippen LogP contribution in [0.15, 0.2) is 152 Å².